The Morgan fingerprint density at radius 2 is 1.73 bits per heavy atom. The van der Waals surface area contributed by atoms with E-state index in [1.165, 1.54) is 12.1 Å². The Kier molecular flexibility index (Phi) is 5.66. The van der Waals surface area contributed by atoms with Crippen LogP contribution >= 0.6 is 0 Å². The number of carbonyl (C=O) groups excluding carboxylic acids is 2. The predicted octanol–water partition coefficient (Wildman–Crippen LogP) is 3.94. The second kappa shape index (κ2) is 8.77. The van der Waals surface area contributed by atoms with Crippen LogP contribution in [0.2, 0.25) is 0 Å². The number of hydrogen-bond acceptors (Lipinski definition) is 5. The van der Waals surface area contributed by atoms with E-state index in [1.54, 1.807) is 17.0 Å². The molecule has 1 atom stereocenters. The number of anilines is 1. The zero-order valence-corrected chi connectivity index (χ0v) is 18.4. The van der Waals surface area contributed by atoms with Gasteiger partial charge in [0.15, 0.2) is 0 Å². The van der Waals surface area contributed by atoms with Crippen LogP contribution in [-0.2, 0) is 9.59 Å². The number of halogens is 1. The van der Waals surface area contributed by atoms with Crippen molar-refractivity contribution < 1.29 is 18.4 Å². The minimum atomic E-state index is -0.318. The van der Waals surface area contributed by atoms with E-state index in [4.69, 9.17) is 4.42 Å². The average molecular weight is 448 g/mol. The lowest BCUT2D eigenvalue weighted by molar-refractivity contribution is -0.136. The molecule has 0 bridgehead atoms. The molecule has 0 radical (unpaired) electrons. The molecule has 5 rings (SSSR count). The van der Waals surface area contributed by atoms with Crippen LogP contribution in [0.5, 0.6) is 0 Å². The lowest BCUT2D eigenvalue weighted by Gasteiger charge is -2.32. The van der Waals surface area contributed by atoms with Gasteiger partial charge in [-0.3, -0.25) is 9.59 Å². The van der Waals surface area contributed by atoms with Crippen molar-refractivity contribution in [2.75, 3.05) is 24.5 Å². The molecule has 1 aromatic heterocycles. The fraction of sp³-hybridized carbons (Fsp3) is 0.360. The Morgan fingerprint density at radius 1 is 1.03 bits per heavy atom. The smallest absolute Gasteiger partial charge is 0.247 e. The predicted molar refractivity (Wildman–Crippen MR) is 120 cm³/mol. The second-order valence-corrected chi connectivity index (χ2v) is 8.79. The van der Waals surface area contributed by atoms with Gasteiger partial charge in [-0.2, -0.15) is 0 Å². The maximum Gasteiger partial charge on any atom is 0.247 e. The summed E-state index contributed by atoms with van der Waals surface area (Å²) in [6.45, 7) is 3.61. The molecule has 0 N–H and O–H groups in total. The number of likely N-dealkylation sites (tertiary alicyclic amines) is 1. The first-order chi connectivity index (χ1) is 16.0. The molecule has 0 aliphatic carbocycles. The summed E-state index contributed by atoms with van der Waals surface area (Å²) in [6.07, 6.45) is 1.69. The van der Waals surface area contributed by atoms with E-state index in [2.05, 4.69) is 10.2 Å². The SMILES string of the molecule is Cc1ccc(N2C[C@@H](C(=O)N3CCC(c4nnc(-c5ccc(F)cc5)o4)CC3)CC2=O)cc1. The van der Waals surface area contributed by atoms with Gasteiger partial charge >= 0.3 is 0 Å². The van der Waals surface area contributed by atoms with Crippen molar-refractivity contribution in [1.82, 2.24) is 15.1 Å². The molecule has 33 heavy (non-hydrogen) atoms. The first-order valence-electron chi connectivity index (χ1n) is 11.2. The van der Waals surface area contributed by atoms with E-state index < -0.39 is 0 Å². The topological polar surface area (TPSA) is 79.5 Å². The van der Waals surface area contributed by atoms with Gasteiger partial charge < -0.3 is 14.2 Å². The largest absolute Gasteiger partial charge is 0.420 e. The molecule has 2 aromatic carbocycles. The molecule has 0 unspecified atom stereocenters. The molecule has 2 amide bonds. The first-order valence-corrected chi connectivity index (χ1v) is 11.2. The summed E-state index contributed by atoms with van der Waals surface area (Å²) in [5.74, 6) is 0.378. The van der Waals surface area contributed by atoms with Gasteiger partial charge in [-0.1, -0.05) is 17.7 Å². The van der Waals surface area contributed by atoms with Crippen LogP contribution in [0.15, 0.2) is 52.9 Å². The van der Waals surface area contributed by atoms with Gasteiger partial charge in [0.05, 0.1) is 5.92 Å². The van der Waals surface area contributed by atoms with Gasteiger partial charge in [-0.15, -0.1) is 10.2 Å². The molecule has 0 spiro atoms. The van der Waals surface area contributed by atoms with Gasteiger partial charge in [-0.25, -0.2) is 4.39 Å². The third-order valence-electron chi connectivity index (χ3n) is 6.51. The molecular weight excluding hydrogens is 423 g/mol. The average Bonchev–Trinajstić information content (AvgIpc) is 3.47. The van der Waals surface area contributed by atoms with Gasteiger partial charge in [-0.05, 0) is 56.2 Å². The van der Waals surface area contributed by atoms with Gasteiger partial charge in [0.2, 0.25) is 23.6 Å². The molecule has 0 saturated carbocycles. The van der Waals surface area contributed by atoms with E-state index in [-0.39, 0.29) is 35.9 Å². The lowest BCUT2D eigenvalue weighted by atomic mass is 9.95. The van der Waals surface area contributed by atoms with Crippen molar-refractivity contribution in [1.29, 1.82) is 0 Å². The lowest BCUT2D eigenvalue weighted by Crippen LogP contribution is -2.42. The van der Waals surface area contributed by atoms with Crippen LogP contribution < -0.4 is 4.90 Å². The van der Waals surface area contributed by atoms with Crippen LogP contribution in [-0.4, -0.2) is 46.5 Å². The highest BCUT2D eigenvalue weighted by Gasteiger charge is 2.38. The summed E-state index contributed by atoms with van der Waals surface area (Å²) in [5, 5.41) is 8.28. The number of piperidine rings is 1. The molecule has 170 valence electrons. The Labute approximate surface area is 191 Å². The Balaban J connectivity index is 1.18. The highest BCUT2D eigenvalue weighted by molar-refractivity contribution is 6.00. The highest BCUT2D eigenvalue weighted by atomic mass is 19.1. The molecule has 2 aliphatic heterocycles. The van der Waals surface area contributed by atoms with Crippen molar-refractivity contribution in [2.45, 2.75) is 32.1 Å². The standard InChI is InChI=1S/C25H25FN4O3/c1-16-2-8-21(9-3-16)30-15-19(14-22(30)31)25(32)29-12-10-18(11-13-29)24-28-27-23(33-24)17-4-6-20(26)7-5-17/h2-9,18-19H,10-15H2,1H3/t19-/m0/s1. The third-order valence-corrected chi connectivity index (χ3v) is 6.51. The third kappa shape index (κ3) is 4.37. The van der Waals surface area contributed by atoms with Crippen molar-refractivity contribution in [3.05, 3.63) is 65.8 Å². The Bertz CT molecular complexity index is 1150. The minimum Gasteiger partial charge on any atom is -0.420 e. The number of rotatable bonds is 4. The van der Waals surface area contributed by atoms with Crippen molar-refractivity contribution in [2.24, 2.45) is 5.92 Å². The van der Waals surface area contributed by atoms with E-state index >= 15 is 0 Å². The number of nitrogens with zero attached hydrogens (tertiary/aromatic N) is 4. The maximum absolute atomic E-state index is 13.1. The normalized spacial score (nSPS) is 19.3. The fourth-order valence-corrected chi connectivity index (χ4v) is 4.56. The number of carbonyl (C=O) groups is 2. The molecule has 7 nitrogen and oxygen atoms in total. The quantitative estimate of drug-likeness (QED) is 0.604. The summed E-state index contributed by atoms with van der Waals surface area (Å²) in [6, 6.07) is 13.7. The monoisotopic (exact) mass is 448 g/mol. The molecule has 3 aromatic rings. The van der Waals surface area contributed by atoms with Gasteiger partial charge in [0, 0.05) is 43.2 Å². The highest BCUT2D eigenvalue weighted by Crippen LogP contribution is 2.32. The van der Waals surface area contributed by atoms with Crippen LogP contribution in [0.4, 0.5) is 10.1 Å². The zero-order valence-electron chi connectivity index (χ0n) is 18.4. The van der Waals surface area contributed by atoms with E-state index in [1.807, 2.05) is 36.1 Å². The van der Waals surface area contributed by atoms with E-state index in [0.29, 0.717) is 37.0 Å². The van der Waals surface area contributed by atoms with Crippen LogP contribution in [0.3, 0.4) is 0 Å². The maximum atomic E-state index is 13.1. The summed E-state index contributed by atoms with van der Waals surface area (Å²) in [7, 11) is 0. The minimum absolute atomic E-state index is 0.00808. The molecule has 3 heterocycles. The van der Waals surface area contributed by atoms with Crippen LogP contribution in [0.25, 0.3) is 11.5 Å². The summed E-state index contributed by atoms with van der Waals surface area (Å²) >= 11 is 0. The Hall–Kier alpha value is -3.55. The molecule has 2 aliphatic rings. The molecule has 2 saturated heterocycles. The van der Waals surface area contributed by atoms with Crippen LogP contribution in [0, 0.1) is 18.7 Å². The molecule has 2 fully saturated rings. The first kappa shape index (κ1) is 21.3. The Morgan fingerprint density at radius 3 is 2.42 bits per heavy atom. The second-order valence-electron chi connectivity index (χ2n) is 8.79. The van der Waals surface area contributed by atoms with Crippen molar-refractivity contribution >= 4 is 17.5 Å². The van der Waals surface area contributed by atoms with Crippen LogP contribution in [0.1, 0.15) is 36.6 Å². The van der Waals surface area contributed by atoms with Crippen molar-refractivity contribution in [3.63, 3.8) is 0 Å². The fourth-order valence-electron chi connectivity index (χ4n) is 4.56. The number of hydrogen-bond donors (Lipinski definition) is 0. The van der Waals surface area contributed by atoms with E-state index in [0.717, 1.165) is 24.1 Å². The summed E-state index contributed by atoms with van der Waals surface area (Å²) in [4.78, 5) is 29.2. The van der Waals surface area contributed by atoms with Crippen molar-refractivity contribution in [3.8, 4) is 11.5 Å². The number of aryl methyl sites for hydroxylation is 1. The summed E-state index contributed by atoms with van der Waals surface area (Å²) < 4.78 is 19.0. The molecular formula is C25H25FN4O3. The van der Waals surface area contributed by atoms with Gasteiger partial charge in [0.1, 0.15) is 5.82 Å². The van der Waals surface area contributed by atoms with Gasteiger partial charge in [0.25, 0.3) is 0 Å². The van der Waals surface area contributed by atoms with E-state index in [9.17, 15) is 14.0 Å². The molecule has 8 heteroatoms. The number of aromatic nitrogens is 2. The number of amides is 2. The summed E-state index contributed by atoms with van der Waals surface area (Å²) in [5.41, 5.74) is 2.65. The number of benzene rings is 2. The zero-order chi connectivity index (χ0) is 22.9.